The summed E-state index contributed by atoms with van der Waals surface area (Å²) >= 11 is 0. The number of carboxylic acid groups (broad SMARTS) is 2. The standard InChI is InChI=1S/C24H51P.2C2H4O2.C2H7P/c1-4-7-10-13-16-19-22-25(23-20-17-14-11-8-5-2)24-21-18-15-12-9-6-3;2*1-2(3)4;1-2-3/h4-24H2,1-3H3;2*1H3,(H,3,4);2-3H2,1H3. The Morgan fingerprint density at radius 2 is 0.667 bits per heavy atom. The van der Waals surface area contributed by atoms with E-state index in [1.165, 1.54) is 122 Å². The molecular formula is C30H66O4P2. The van der Waals surface area contributed by atoms with E-state index in [1.807, 2.05) is 0 Å². The van der Waals surface area contributed by atoms with Gasteiger partial charge in [0.05, 0.1) is 0 Å². The Balaban J connectivity index is -0.000000389. The zero-order valence-electron chi connectivity index (χ0n) is 25.3. The summed E-state index contributed by atoms with van der Waals surface area (Å²) < 4.78 is 0. The summed E-state index contributed by atoms with van der Waals surface area (Å²) in [6, 6.07) is 0. The van der Waals surface area contributed by atoms with E-state index in [4.69, 9.17) is 19.8 Å². The third kappa shape index (κ3) is 64.2. The number of hydrogen-bond acceptors (Lipinski definition) is 2. The number of carbonyl (C=O) groups is 2. The molecule has 0 rings (SSSR count). The summed E-state index contributed by atoms with van der Waals surface area (Å²) in [5.74, 6) is -1.67. The molecule has 0 spiro atoms. The molecular weight excluding hydrogens is 486 g/mol. The van der Waals surface area contributed by atoms with E-state index in [9.17, 15) is 0 Å². The van der Waals surface area contributed by atoms with Crippen molar-refractivity contribution in [2.75, 3.05) is 24.6 Å². The molecule has 36 heavy (non-hydrogen) atoms. The van der Waals surface area contributed by atoms with Gasteiger partial charge in [-0.1, -0.05) is 124 Å². The van der Waals surface area contributed by atoms with Crippen molar-refractivity contribution >= 4 is 29.1 Å². The maximum atomic E-state index is 9.00. The summed E-state index contributed by atoms with van der Waals surface area (Å²) in [5.41, 5.74) is 0. The lowest BCUT2D eigenvalue weighted by Gasteiger charge is -2.18. The van der Waals surface area contributed by atoms with Crippen LogP contribution in [0.5, 0.6) is 0 Å². The predicted molar refractivity (Wildman–Crippen MR) is 169 cm³/mol. The van der Waals surface area contributed by atoms with E-state index in [-0.39, 0.29) is 0 Å². The molecule has 6 heteroatoms. The second-order valence-corrected chi connectivity index (χ2v) is 13.1. The Morgan fingerprint density at radius 3 is 0.861 bits per heavy atom. The van der Waals surface area contributed by atoms with Gasteiger partial charge in [0.25, 0.3) is 11.9 Å². The first kappa shape index (κ1) is 42.9. The Kier molecular flexibility index (Phi) is 49.9. The highest BCUT2D eigenvalue weighted by Gasteiger charge is 2.07. The minimum absolute atomic E-state index is 0.366. The summed E-state index contributed by atoms with van der Waals surface area (Å²) in [5, 5.41) is 14.8. The van der Waals surface area contributed by atoms with Gasteiger partial charge in [0.2, 0.25) is 0 Å². The molecule has 0 radical (unpaired) electrons. The third-order valence-corrected chi connectivity index (χ3v) is 8.33. The number of carboxylic acids is 2. The number of rotatable bonds is 21. The highest BCUT2D eigenvalue weighted by molar-refractivity contribution is 7.57. The van der Waals surface area contributed by atoms with Crippen molar-refractivity contribution in [3.8, 4) is 0 Å². The van der Waals surface area contributed by atoms with Gasteiger partial charge in [-0.2, -0.15) is 0 Å². The molecule has 220 valence electrons. The van der Waals surface area contributed by atoms with Gasteiger partial charge in [0.15, 0.2) is 0 Å². The molecule has 0 aromatic carbocycles. The second-order valence-electron chi connectivity index (χ2n) is 9.59. The van der Waals surface area contributed by atoms with Crippen LogP contribution in [0.3, 0.4) is 0 Å². The first-order valence-corrected chi connectivity index (χ1v) is 17.8. The van der Waals surface area contributed by atoms with Gasteiger partial charge in [0.1, 0.15) is 0 Å². The van der Waals surface area contributed by atoms with Gasteiger partial charge in [-0.3, -0.25) is 9.59 Å². The molecule has 0 aromatic rings. The lowest BCUT2D eigenvalue weighted by Crippen LogP contribution is -1.97. The van der Waals surface area contributed by atoms with E-state index in [0.29, 0.717) is 7.92 Å². The Morgan fingerprint density at radius 1 is 0.500 bits per heavy atom. The lowest BCUT2D eigenvalue weighted by atomic mass is 10.1. The molecule has 1 atom stereocenters. The Bertz CT molecular complexity index is 348. The topological polar surface area (TPSA) is 74.6 Å². The van der Waals surface area contributed by atoms with Crippen LogP contribution in [0.15, 0.2) is 0 Å². The van der Waals surface area contributed by atoms with Crippen LogP contribution in [0.25, 0.3) is 0 Å². The average Bonchev–Trinajstić information content (AvgIpc) is 2.80. The van der Waals surface area contributed by atoms with Gasteiger partial charge in [0, 0.05) is 13.8 Å². The maximum absolute atomic E-state index is 9.00. The number of unbranched alkanes of at least 4 members (excludes halogenated alkanes) is 15. The highest BCUT2D eigenvalue weighted by atomic mass is 31.1. The highest BCUT2D eigenvalue weighted by Crippen LogP contribution is 2.39. The molecule has 0 saturated heterocycles. The molecule has 0 heterocycles. The summed E-state index contributed by atoms with van der Waals surface area (Å²) in [6.07, 6.45) is 32.4. The van der Waals surface area contributed by atoms with Gasteiger partial charge in [-0.15, -0.1) is 17.2 Å². The van der Waals surface area contributed by atoms with Gasteiger partial charge in [-0.25, -0.2) is 0 Å². The fourth-order valence-corrected chi connectivity index (χ4v) is 6.37. The zero-order valence-corrected chi connectivity index (χ0v) is 27.3. The molecule has 0 aliphatic heterocycles. The largest absolute Gasteiger partial charge is 0.481 e. The van der Waals surface area contributed by atoms with Crippen LogP contribution in [0.1, 0.15) is 157 Å². The molecule has 0 aromatic heterocycles. The SMILES string of the molecule is CC(=O)O.CC(=O)O.CCCCCCCCP(CCCCCCCC)CCCCCCCC.CCP. The van der Waals surface area contributed by atoms with Crippen molar-refractivity contribution in [3.05, 3.63) is 0 Å². The Labute approximate surface area is 230 Å². The monoisotopic (exact) mass is 552 g/mol. The van der Waals surface area contributed by atoms with Gasteiger partial charge < -0.3 is 10.2 Å². The fraction of sp³-hybridized carbons (Fsp3) is 0.933. The van der Waals surface area contributed by atoms with Crippen molar-refractivity contribution in [2.45, 2.75) is 157 Å². The molecule has 0 aliphatic carbocycles. The van der Waals surface area contributed by atoms with Crippen LogP contribution < -0.4 is 0 Å². The van der Waals surface area contributed by atoms with Gasteiger partial charge in [-0.05, 0) is 43.9 Å². The van der Waals surface area contributed by atoms with Crippen LogP contribution in [0.2, 0.25) is 0 Å². The molecule has 4 nitrogen and oxygen atoms in total. The van der Waals surface area contributed by atoms with Crippen LogP contribution in [0, 0.1) is 0 Å². The summed E-state index contributed by atoms with van der Waals surface area (Å²) in [7, 11) is 2.94. The normalized spacial score (nSPS) is 9.89. The van der Waals surface area contributed by atoms with Crippen molar-refractivity contribution in [3.63, 3.8) is 0 Å². The van der Waals surface area contributed by atoms with E-state index >= 15 is 0 Å². The molecule has 0 amide bonds. The number of hydrogen-bond donors (Lipinski definition) is 2. The van der Waals surface area contributed by atoms with Crippen molar-refractivity contribution in [1.82, 2.24) is 0 Å². The third-order valence-electron chi connectivity index (χ3n) is 5.48. The molecule has 0 bridgehead atoms. The second kappa shape index (κ2) is 41.9. The molecule has 0 fully saturated rings. The Hall–Kier alpha value is -0.200. The van der Waals surface area contributed by atoms with E-state index in [1.54, 1.807) is 18.5 Å². The van der Waals surface area contributed by atoms with Crippen molar-refractivity contribution < 1.29 is 19.8 Å². The van der Waals surface area contributed by atoms with E-state index in [2.05, 4.69) is 36.9 Å². The predicted octanol–water partition coefficient (Wildman–Crippen LogP) is 10.6. The van der Waals surface area contributed by atoms with Crippen molar-refractivity contribution in [1.29, 1.82) is 0 Å². The van der Waals surface area contributed by atoms with Crippen LogP contribution >= 0.6 is 17.2 Å². The van der Waals surface area contributed by atoms with Crippen LogP contribution in [0.4, 0.5) is 0 Å². The molecule has 2 N–H and O–H groups in total. The van der Waals surface area contributed by atoms with E-state index < -0.39 is 11.9 Å². The zero-order chi connectivity index (χ0) is 28.3. The minimum Gasteiger partial charge on any atom is -0.481 e. The fourth-order valence-electron chi connectivity index (χ4n) is 3.68. The summed E-state index contributed by atoms with van der Waals surface area (Å²) in [6.45, 7) is 11.2. The van der Waals surface area contributed by atoms with Gasteiger partial charge >= 0.3 is 0 Å². The number of aliphatic carboxylic acids is 2. The quantitative estimate of drug-likeness (QED) is 0.110. The van der Waals surface area contributed by atoms with Crippen molar-refractivity contribution in [2.24, 2.45) is 0 Å². The first-order chi connectivity index (χ1) is 17.2. The molecule has 0 aliphatic rings. The minimum atomic E-state index is -0.833. The first-order valence-electron chi connectivity index (χ1n) is 15.0. The smallest absolute Gasteiger partial charge is 0.300 e. The maximum Gasteiger partial charge on any atom is 0.300 e. The van der Waals surface area contributed by atoms with Crippen LogP contribution in [-0.4, -0.2) is 46.8 Å². The van der Waals surface area contributed by atoms with Crippen LogP contribution in [-0.2, 0) is 9.59 Å². The lowest BCUT2D eigenvalue weighted by molar-refractivity contribution is -0.135. The van der Waals surface area contributed by atoms with E-state index in [0.717, 1.165) is 13.8 Å². The summed E-state index contributed by atoms with van der Waals surface area (Å²) in [4.78, 5) is 18.0. The molecule has 1 unspecified atom stereocenters. The molecule has 0 saturated carbocycles. The average molecular weight is 553 g/mol.